The van der Waals surface area contributed by atoms with E-state index in [1.165, 1.54) is 0 Å². The minimum absolute atomic E-state index is 0.0119. The lowest BCUT2D eigenvalue weighted by molar-refractivity contribution is -0.132. The van der Waals surface area contributed by atoms with Crippen LogP contribution in [-0.4, -0.2) is 33.6 Å². The molecule has 0 aromatic heterocycles. The summed E-state index contributed by atoms with van der Waals surface area (Å²) < 4.78 is 0. The molecule has 0 aromatic rings. The number of carbonyl (C=O) groups excluding carboxylic acids is 1. The van der Waals surface area contributed by atoms with Gasteiger partial charge in [0.25, 0.3) is 0 Å². The molecule has 1 saturated carbocycles. The minimum Gasteiger partial charge on any atom is -0.390 e. The van der Waals surface area contributed by atoms with Crippen LogP contribution < -0.4 is 0 Å². The Balaban J connectivity index is 2.88. The van der Waals surface area contributed by atoms with Crippen LogP contribution in [0.25, 0.3) is 0 Å². The smallest absolute Gasteiger partial charge is 0.231 e. The van der Waals surface area contributed by atoms with Crippen molar-refractivity contribution >= 4 is 5.91 Å². The van der Waals surface area contributed by atoms with Gasteiger partial charge in [0, 0.05) is 18.0 Å². The Morgan fingerprint density at radius 1 is 1.17 bits per heavy atom. The number of hydrogen-bond acceptors (Lipinski definition) is 2. The molecule has 1 amide bonds. The van der Waals surface area contributed by atoms with Crippen molar-refractivity contribution < 1.29 is 9.90 Å². The SMILES string of the molecule is CC(C)N(C(=O)[C]1[CH][CH][CH][C]1C(C)(C)O)C(C)C. The van der Waals surface area contributed by atoms with Crippen molar-refractivity contribution in [1.29, 1.82) is 0 Å². The van der Waals surface area contributed by atoms with Crippen molar-refractivity contribution in [3.05, 3.63) is 31.1 Å². The minimum atomic E-state index is -0.992. The highest BCUT2D eigenvalue weighted by atomic mass is 16.3. The van der Waals surface area contributed by atoms with Gasteiger partial charge < -0.3 is 10.0 Å². The maximum atomic E-state index is 12.6. The van der Waals surface area contributed by atoms with E-state index in [-0.39, 0.29) is 18.0 Å². The Morgan fingerprint density at radius 2 is 1.67 bits per heavy atom. The standard InChI is InChI=1S/C15H24NO2/c1-10(2)16(11(3)4)14(17)12-8-7-9-13(12)15(5,6)18/h7-11,18H,1-6H3. The molecule has 0 saturated heterocycles. The van der Waals surface area contributed by atoms with Crippen LogP contribution >= 0.6 is 0 Å². The van der Waals surface area contributed by atoms with Crippen LogP contribution in [0.4, 0.5) is 0 Å². The number of hydrogen-bond donors (Lipinski definition) is 1. The Bertz CT molecular complexity index is 283. The normalized spacial score (nSPS) is 18.9. The first-order valence-electron chi connectivity index (χ1n) is 6.47. The molecule has 1 rings (SSSR count). The second kappa shape index (κ2) is 5.60. The maximum absolute atomic E-state index is 12.6. The van der Waals surface area contributed by atoms with E-state index >= 15 is 0 Å². The molecule has 3 heteroatoms. The Hall–Kier alpha value is -0.570. The van der Waals surface area contributed by atoms with Gasteiger partial charge in [0.15, 0.2) is 0 Å². The van der Waals surface area contributed by atoms with Crippen molar-refractivity contribution in [2.75, 3.05) is 0 Å². The summed E-state index contributed by atoms with van der Waals surface area (Å²) in [5.41, 5.74) is -0.992. The molecule has 0 unspecified atom stereocenters. The van der Waals surface area contributed by atoms with E-state index in [1.807, 2.05) is 45.4 Å². The molecule has 1 fully saturated rings. The summed E-state index contributed by atoms with van der Waals surface area (Å²) in [6.45, 7) is 11.4. The van der Waals surface area contributed by atoms with Crippen LogP contribution in [0, 0.1) is 31.1 Å². The second-order valence-electron chi connectivity index (χ2n) is 5.81. The molecule has 101 valence electrons. The second-order valence-corrected chi connectivity index (χ2v) is 5.81. The molecule has 0 atom stereocenters. The van der Waals surface area contributed by atoms with Gasteiger partial charge in [0.2, 0.25) is 5.91 Å². The zero-order chi connectivity index (χ0) is 14.1. The van der Waals surface area contributed by atoms with Crippen molar-refractivity contribution in [2.45, 2.75) is 59.2 Å². The van der Waals surface area contributed by atoms with E-state index in [1.54, 1.807) is 20.3 Å². The number of rotatable bonds is 4. The average molecular weight is 250 g/mol. The fraction of sp³-hybridized carbons (Fsp3) is 0.600. The molecule has 3 nitrogen and oxygen atoms in total. The topological polar surface area (TPSA) is 40.5 Å². The van der Waals surface area contributed by atoms with Gasteiger partial charge in [-0.3, -0.25) is 4.79 Å². The molecule has 0 heterocycles. The summed E-state index contributed by atoms with van der Waals surface area (Å²) in [7, 11) is 0. The Labute approximate surface area is 112 Å². The summed E-state index contributed by atoms with van der Waals surface area (Å²) >= 11 is 0. The average Bonchev–Trinajstić information content (AvgIpc) is 2.63. The van der Waals surface area contributed by atoms with Crippen molar-refractivity contribution in [3.63, 3.8) is 0 Å². The number of carbonyl (C=O) groups is 1. The quantitative estimate of drug-likeness (QED) is 0.830. The monoisotopic (exact) mass is 250 g/mol. The van der Waals surface area contributed by atoms with Gasteiger partial charge >= 0.3 is 0 Å². The molecule has 0 bridgehead atoms. The summed E-state index contributed by atoms with van der Waals surface area (Å²) in [5, 5.41) is 10.1. The van der Waals surface area contributed by atoms with E-state index < -0.39 is 5.60 Å². The van der Waals surface area contributed by atoms with Gasteiger partial charge in [0.05, 0.1) is 11.5 Å². The summed E-state index contributed by atoms with van der Waals surface area (Å²) in [6, 6.07) is 0.282. The number of amides is 1. The first kappa shape index (κ1) is 15.5. The van der Waals surface area contributed by atoms with Gasteiger partial charge in [-0.25, -0.2) is 0 Å². The zero-order valence-corrected chi connectivity index (χ0v) is 12.2. The summed E-state index contributed by atoms with van der Waals surface area (Å²) in [5.74, 6) is 1.28. The van der Waals surface area contributed by atoms with Crippen molar-refractivity contribution in [2.24, 2.45) is 0 Å². The number of nitrogens with zero attached hydrogens (tertiary/aromatic N) is 1. The molecule has 5 radical (unpaired) electrons. The third kappa shape index (κ3) is 3.25. The summed E-state index contributed by atoms with van der Waals surface area (Å²) in [6.07, 6.45) is 5.42. The van der Waals surface area contributed by atoms with Gasteiger partial charge in [-0.05, 0) is 60.8 Å². The predicted octanol–water partition coefficient (Wildman–Crippen LogP) is 2.18. The molecule has 1 aliphatic rings. The highest BCUT2D eigenvalue weighted by Gasteiger charge is 2.45. The highest BCUT2D eigenvalue weighted by Crippen LogP contribution is 2.41. The van der Waals surface area contributed by atoms with Gasteiger partial charge in [0.1, 0.15) is 0 Å². The molecule has 1 aliphatic carbocycles. The van der Waals surface area contributed by atoms with E-state index in [0.717, 1.165) is 0 Å². The van der Waals surface area contributed by atoms with Crippen LogP contribution in [0.1, 0.15) is 41.5 Å². The van der Waals surface area contributed by atoms with Gasteiger partial charge in [-0.2, -0.15) is 0 Å². The lowest BCUT2D eigenvalue weighted by Crippen LogP contribution is -2.47. The molecule has 1 N–H and O–H groups in total. The van der Waals surface area contributed by atoms with E-state index in [2.05, 4.69) is 0 Å². The van der Waals surface area contributed by atoms with Crippen molar-refractivity contribution in [1.82, 2.24) is 4.90 Å². The number of aliphatic hydroxyl groups is 1. The first-order chi connectivity index (χ1) is 8.16. The fourth-order valence-electron chi connectivity index (χ4n) is 2.34. The lowest BCUT2D eigenvalue weighted by atomic mass is 9.81. The van der Waals surface area contributed by atoms with E-state index in [4.69, 9.17) is 0 Å². The molecule has 18 heavy (non-hydrogen) atoms. The first-order valence-corrected chi connectivity index (χ1v) is 6.47. The predicted molar refractivity (Wildman–Crippen MR) is 72.8 cm³/mol. The molecule has 0 aromatic carbocycles. The molecule has 0 spiro atoms. The van der Waals surface area contributed by atoms with Gasteiger partial charge in [-0.15, -0.1) is 0 Å². The zero-order valence-electron chi connectivity index (χ0n) is 12.2. The molecular weight excluding hydrogens is 226 g/mol. The van der Waals surface area contributed by atoms with Crippen LogP contribution in [0.15, 0.2) is 0 Å². The molecular formula is C15H24NO2. The van der Waals surface area contributed by atoms with E-state index in [0.29, 0.717) is 11.8 Å². The maximum Gasteiger partial charge on any atom is 0.231 e. The Morgan fingerprint density at radius 3 is 2.06 bits per heavy atom. The van der Waals surface area contributed by atoms with Crippen molar-refractivity contribution in [3.8, 4) is 0 Å². The third-order valence-corrected chi connectivity index (χ3v) is 3.05. The van der Waals surface area contributed by atoms with Crippen LogP contribution in [0.3, 0.4) is 0 Å². The third-order valence-electron chi connectivity index (χ3n) is 3.05. The highest BCUT2D eigenvalue weighted by molar-refractivity contribution is 5.98. The Kier molecular flexibility index (Phi) is 4.82. The van der Waals surface area contributed by atoms with Crippen LogP contribution in [-0.2, 0) is 4.79 Å². The van der Waals surface area contributed by atoms with Gasteiger partial charge in [-0.1, -0.05) is 0 Å². The fourth-order valence-corrected chi connectivity index (χ4v) is 2.34. The van der Waals surface area contributed by atoms with Crippen LogP contribution in [0.5, 0.6) is 0 Å². The summed E-state index contributed by atoms with van der Waals surface area (Å²) in [4.78, 5) is 14.4. The van der Waals surface area contributed by atoms with E-state index in [9.17, 15) is 9.90 Å². The molecule has 0 aliphatic heterocycles. The lowest BCUT2D eigenvalue weighted by Gasteiger charge is -2.36. The van der Waals surface area contributed by atoms with Crippen LogP contribution in [0.2, 0.25) is 0 Å². The largest absolute Gasteiger partial charge is 0.390 e.